The monoisotopic (exact) mass is 307 g/mol. The first-order valence-electron chi connectivity index (χ1n) is 5.51. The van der Waals surface area contributed by atoms with Crippen LogP contribution in [0.2, 0.25) is 0 Å². The molecule has 0 aliphatic rings. The summed E-state index contributed by atoms with van der Waals surface area (Å²) in [6.07, 6.45) is 0. The normalized spacial score (nSPS) is 11.8. The molecule has 0 amide bonds. The van der Waals surface area contributed by atoms with E-state index in [1.807, 2.05) is 24.3 Å². The molecule has 3 rings (SSSR count). The number of fused-ring (bicyclic) bond motifs is 1. The molecule has 3 aromatic rings. The van der Waals surface area contributed by atoms with Gasteiger partial charge in [-0.15, -0.1) is 0 Å². The highest BCUT2D eigenvalue weighted by Gasteiger charge is 2.19. The molecule has 19 heavy (non-hydrogen) atoms. The molecule has 3 nitrogen and oxygen atoms in total. The fourth-order valence-electron chi connectivity index (χ4n) is 1.66. The van der Waals surface area contributed by atoms with Crippen LogP contribution in [-0.2, 0) is 8.87 Å². The van der Waals surface area contributed by atoms with Gasteiger partial charge in [0, 0.05) is 16.2 Å². The third kappa shape index (κ3) is 2.51. The first-order valence-corrected chi connectivity index (χ1v) is 9.10. The molecule has 0 spiro atoms. The second kappa shape index (κ2) is 4.96. The van der Waals surface area contributed by atoms with Gasteiger partial charge in [0.05, 0.1) is 9.60 Å². The van der Waals surface area contributed by atoms with E-state index in [0.717, 1.165) is 20.9 Å². The summed E-state index contributed by atoms with van der Waals surface area (Å²) in [5.41, 5.74) is 0. The molecule has 0 radical (unpaired) electrons. The molecule has 0 saturated carbocycles. The van der Waals surface area contributed by atoms with Crippen LogP contribution in [0.5, 0.6) is 0 Å². The SMILES string of the molecule is O=S(=O)(Sc1nsc2ccccc12)c1ccccc1. The van der Waals surface area contributed by atoms with E-state index >= 15 is 0 Å². The molecule has 0 aliphatic carbocycles. The maximum absolute atomic E-state index is 12.3. The Hall–Kier alpha value is -1.37. The summed E-state index contributed by atoms with van der Waals surface area (Å²) >= 11 is 1.31. The second-order valence-corrected chi connectivity index (χ2v) is 8.39. The minimum atomic E-state index is -3.41. The van der Waals surface area contributed by atoms with Crippen molar-refractivity contribution < 1.29 is 8.42 Å². The van der Waals surface area contributed by atoms with Crippen molar-refractivity contribution in [2.75, 3.05) is 0 Å². The van der Waals surface area contributed by atoms with Crippen LogP contribution >= 0.6 is 22.3 Å². The lowest BCUT2D eigenvalue weighted by atomic mass is 10.3. The zero-order valence-electron chi connectivity index (χ0n) is 9.68. The fraction of sp³-hybridized carbons (Fsp3) is 0. The summed E-state index contributed by atoms with van der Waals surface area (Å²) in [5, 5.41) is 1.43. The van der Waals surface area contributed by atoms with Gasteiger partial charge in [0.2, 0.25) is 8.87 Å². The predicted octanol–water partition coefficient (Wildman–Crippen LogP) is 3.78. The molecule has 0 saturated heterocycles. The number of benzene rings is 2. The Morgan fingerprint density at radius 1 is 0.947 bits per heavy atom. The molecule has 0 aliphatic heterocycles. The van der Waals surface area contributed by atoms with Gasteiger partial charge >= 0.3 is 0 Å². The molecule has 0 N–H and O–H groups in total. The van der Waals surface area contributed by atoms with Gasteiger partial charge in [-0.25, -0.2) is 8.42 Å². The number of hydrogen-bond acceptors (Lipinski definition) is 5. The second-order valence-electron chi connectivity index (χ2n) is 3.83. The zero-order chi connectivity index (χ0) is 13.3. The largest absolute Gasteiger partial charge is 0.236 e. The first-order chi connectivity index (χ1) is 9.17. The fourth-order valence-corrected chi connectivity index (χ4v) is 5.49. The van der Waals surface area contributed by atoms with Crippen molar-refractivity contribution >= 4 is 41.3 Å². The highest BCUT2D eigenvalue weighted by Crippen LogP contribution is 2.36. The van der Waals surface area contributed by atoms with Gasteiger partial charge < -0.3 is 0 Å². The van der Waals surface area contributed by atoms with Crippen molar-refractivity contribution in [2.45, 2.75) is 9.92 Å². The van der Waals surface area contributed by atoms with Crippen LogP contribution in [0.1, 0.15) is 0 Å². The lowest BCUT2D eigenvalue weighted by molar-refractivity contribution is 0.610. The molecule has 0 bridgehead atoms. The number of hydrogen-bond donors (Lipinski definition) is 0. The topological polar surface area (TPSA) is 47.0 Å². The van der Waals surface area contributed by atoms with Crippen molar-refractivity contribution in [3.05, 3.63) is 54.6 Å². The van der Waals surface area contributed by atoms with Crippen molar-refractivity contribution in [2.24, 2.45) is 0 Å². The summed E-state index contributed by atoms with van der Waals surface area (Å²) in [5.74, 6) is 0. The zero-order valence-corrected chi connectivity index (χ0v) is 12.1. The predicted molar refractivity (Wildman–Crippen MR) is 79.1 cm³/mol. The molecule has 0 unspecified atom stereocenters. The molecule has 1 aromatic heterocycles. The molecular formula is C13H9NO2S3. The molecular weight excluding hydrogens is 298 g/mol. The maximum atomic E-state index is 12.3. The quantitative estimate of drug-likeness (QED) is 0.691. The molecule has 0 atom stereocenters. The Bertz CT molecular complexity index is 810. The molecule has 2 aromatic carbocycles. The lowest BCUT2D eigenvalue weighted by Crippen LogP contribution is -1.94. The Balaban J connectivity index is 2.02. The van der Waals surface area contributed by atoms with E-state index in [1.165, 1.54) is 11.5 Å². The first kappa shape index (κ1) is 12.7. The summed E-state index contributed by atoms with van der Waals surface area (Å²) < 4.78 is 29.8. The molecule has 1 heterocycles. The standard InChI is InChI=1S/C13H9NO2S3/c15-19(16,10-6-2-1-3-7-10)18-13-11-8-4-5-9-12(11)17-14-13/h1-9H. The number of rotatable bonds is 3. The van der Waals surface area contributed by atoms with Crippen LogP contribution in [0.25, 0.3) is 10.1 Å². The van der Waals surface area contributed by atoms with E-state index in [0.29, 0.717) is 9.92 Å². The molecule has 96 valence electrons. The Labute approximate surface area is 118 Å². The minimum absolute atomic E-state index is 0.303. The van der Waals surface area contributed by atoms with Crippen molar-refractivity contribution in [3.8, 4) is 0 Å². The van der Waals surface area contributed by atoms with Gasteiger partial charge in [0.15, 0.2) is 0 Å². The van der Waals surface area contributed by atoms with Crippen LogP contribution in [0, 0.1) is 0 Å². The van der Waals surface area contributed by atoms with Crippen LogP contribution in [0.4, 0.5) is 0 Å². The van der Waals surface area contributed by atoms with Crippen molar-refractivity contribution in [1.29, 1.82) is 0 Å². The van der Waals surface area contributed by atoms with E-state index in [2.05, 4.69) is 4.37 Å². The molecule has 6 heteroatoms. The third-order valence-corrected chi connectivity index (χ3v) is 6.75. The van der Waals surface area contributed by atoms with Crippen molar-refractivity contribution in [3.63, 3.8) is 0 Å². The summed E-state index contributed by atoms with van der Waals surface area (Å²) in [6, 6.07) is 16.0. The Morgan fingerprint density at radius 3 is 2.42 bits per heavy atom. The lowest BCUT2D eigenvalue weighted by Gasteiger charge is -2.01. The third-order valence-electron chi connectivity index (χ3n) is 2.56. The summed E-state index contributed by atoms with van der Waals surface area (Å²) in [6.45, 7) is 0. The van der Waals surface area contributed by atoms with E-state index in [1.54, 1.807) is 30.3 Å². The van der Waals surface area contributed by atoms with Gasteiger partial charge in [0.25, 0.3) is 0 Å². The van der Waals surface area contributed by atoms with Gasteiger partial charge in [-0.3, -0.25) is 0 Å². The van der Waals surface area contributed by atoms with Gasteiger partial charge in [-0.1, -0.05) is 36.4 Å². The van der Waals surface area contributed by atoms with Gasteiger partial charge in [-0.05, 0) is 29.7 Å². The van der Waals surface area contributed by atoms with Crippen LogP contribution in [0.15, 0.2) is 64.5 Å². The van der Waals surface area contributed by atoms with Crippen molar-refractivity contribution in [1.82, 2.24) is 4.37 Å². The highest BCUT2D eigenvalue weighted by molar-refractivity contribution is 8.72. The van der Waals surface area contributed by atoms with Gasteiger partial charge in [-0.2, -0.15) is 4.37 Å². The van der Waals surface area contributed by atoms with Crippen LogP contribution < -0.4 is 0 Å². The number of aromatic nitrogens is 1. The average molecular weight is 307 g/mol. The highest BCUT2D eigenvalue weighted by atomic mass is 33.1. The Morgan fingerprint density at radius 2 is 1.63 bits per heavy atom. The minimum Gasteiger partial charge on any atom is -0.212 e. The average Bonchev–Trinajstić information content (AvgIpc) is 2.83. The molecule has 0 fully saturated rings. The summed E-state index contributed by atoms with van der Waals surface area (Å²) in [4.78, 5) is 0.303. The maximum Gasteiger partial charge on any atom is 0.236 e. The number of nitrogens with zero attached hydrogens (tertiary/aromatic N) is 1. The Kier molecular flexibility index (Phi) is 3.30. The van der Waals surface area contributed by atoms with E-state index in [9.17, 15) is 8.42 Å². The van der Waals surface area contributed by atoms with E-state index in [4.69, 9.17) is 0 Å². The van der Waals surface area contributed by atoms with Gasteiger partial charge in [0.1, 0.15) is 5.03 Å². The van der Waals surface area contributed by atoms with E-state index in [-0.39, 0.29) is 0 Å². The van der Waals surface area contributed by atoms with E-state index < -0.39 is 8.87 Å². The summed E-state index contributed by atoms with van der Waals surface area (Å²) in [7, 11) is -2.61. The van der Waals surface area contributed by atoms with Crippen LogP contribution in [0.3, 0.4) is 0 Å². The van der Waals surface area contributed by atoms with Crippen LogP contribution in [-0.4, -0.2) is 12.8 Å². The smallest absolute Gasteiger partial charge is 0.212 e.